The van der Waals surface area contributed by atoms with Gasteiger partial charge in [0.25, 0.3) is 0 Å². The molecule has 0 spiro atoms. The van der Waals surface area contributed by atoms with E-state index in [2.05, 4.69) is 47.7 Å². The van der Waals surface area contributed by atoms with E-state index >= 15 is 0 Å². The van der Waals surface area contributed by atoms with Gasteiger partial charge in [0.05, 0.1) is 11.0 Å². The van der Waals surface area contributed by atoms with Crippen molar-refractivity contribution in [3.63, 3.8) is 0 Å². The molecule has 1 fully saturated rings. The van der Waals surface area contributed by atoms with Crippen molar-refractivity contribution in [1.82, 2.24) is 9.55 Å². The second kappa shape index (κ2) is 6.19. The number of rotatable bonds is 3. The van der Waals surface area contributed by atoms with Crippen molar-refractivity contribution in [2.75, 3.05) is 0 Å². The van der Waals surface area contributed by atoms with Gasteiger partial charge in [-0.05, 0) is 68.4 Å². The van der Waals surface area contributed by atoms with Crippen LogP contribution in [0.4, 0.5) is 0 Å². The van der Waals surface area contributed by atoms with Crippen LogP contribution in [0.5, 0.6) is 0 Å². The molecule has 0 amide bonds. The minimum Gasteiger partial charge on any atom is -0.302 e. The second-order valence-corrected chi connectivity index (χ2v) is 8.94. The third kappa shape index (κ3) is 2.40. The average molecular weight is 361 g/mol. The maximum absolute atomic E-state index is 12.1. The van der Waals surface area contributed by atoms with E-state index in [1.807, 2.05) is 12.4 Å². The van der Waals surface area contributed by atoms with Gasteiger partial charge in [0.2, 0.25) is 0 Å². The monoisotopic (exact) mass is 360 g/mol. The fourth-order valence-corrected chi connectivity index (χ4v) is 6.35. The van der Waals surface area contributed by atoms with Crippen molar-refractivity contribution in [3.8, 4) is 0 Å². The molecule has 5 rings (SSSR count). The number of para-hydroxylation sites is 2. The number of hydrogen-bond donors (Lipinski definition) is 0. The summed E-state index contributed by atoms with van der Waals surface area (Å²) >= 11 is 0. The minimum atomic E-state index is 0.0679. The summed E-state index contributed by atoms with van der Waals surface area (Å²) in [7, 11) is 0. The van der Waals surface area contributed by atoms with E-state index in [0.29, 0.717) is 11.8 Å². The van der Waals surface area contributed by atoms with Crippen LogP contribution in [0.1, 0.15) is 52.4 Å². The SMILES string of the molecule is CCC1=CCC2C(CC[C@]3(C)C(n4cnc5ccccc54)=C(C=O)CC23)C1. The highest BCUT2D eigenvalue weighted by molar-refractivity contribution is 5.90. The van der Waals surface area contributed by atoms with Gasteiger partial charge in [-0.1, -0.05) is 37.6 Å². The van der Waals surface area contributed by atoms with E-state index in [1.54, 1.807) is 5.57 Å². The Bertz CT molecular complexity index is 966. The second-order valence-electron chi connectivity index (χ2n) is 8.94. The lowest BCUT2D eigenvalue weighted by Gasteiger charge is -2.49. The summed E-state index contributed by atoms with van der Waals surface area (Å²) in [6.07, 6.45) is 12.6. The quantitative estimate of drug-likeness (QED) is 0.525. The lowest BCUT2D eigenvalue weighted by atomic mass is 9.56. The molecule has 0 radical (unpaired) electrons. The molecule has 3 unspecified atom stereocenters. The molecule has 2 aromatic rings. The average Bonchev–Trinajstić information content (AvgIpc) is 3.25. The summed E-state index contributed by atoms with van der Waals surface area (Å²) in [6.45, 7) is 4.69. The third-order valence-corrected chi connectivity index (χ3v) is 7.75. The largest absolute Gasteiger partial charge is 0.302 e. The van der Waals surface area contributed by atoms with E-state index in [4.69, 9.17) is 0 Å². The molecule has 0 N–H and O–H groups in total. The highest BCUT2D eigenvalue weighted by atomic mass is 16.1. The number of nitrogens with zero attached hydrogens (tertiary/aromatic N) is 2. The Morgan fingerprint density at radius 3 is 2.96 bits per heavy atom. The summed E-state index contributed by atoms with van der Waals surface area (Å²) in [6, 6.07) is 8.26. The fraction of sp³-hybridized carbons (Fsp3) is 0.500. The Morgan fingerprint density at radius 2 is 2.15 bits per heavy atom. The van der Waals surface area contributed by atoms with E-state index in [0.717, 1.165) is 35.2 Å². The molecule has 1 heterocycles. The first-order valence-electron chi connectivity index (χ1n) is 10.4. The van der Waals surface area contributed by atoms with Crippen molar-refractivity contribution in [3.05, 3.63) is 47.8 Å². The van der Waals surface area contributed by atoms with Crippen LogP contribution in [0.3, 0.4) is 0 Å². The van der Waals surface area contributed by atoms with Crippen LogP contribution in [0, 0.1) is 23.2 Å². The first-order chi connectivity index (χ1) is 13.2. The van der Waals surface area contributed by atoms with Crippen molar-refractivity contribution >= 4 is 23.0 Å². The molecule has 0 bridgehead atoms. The molecule has 4 atom stereocenters. The van der Waals surface area contributed by atoms with Crippen molar-refractivity contribution < 1.29 is 4.79 Å². The Hall–Kier alpha value is -2.16. The summed E-state index contributed by atoms with van der Waals surface area (Å²) in [5.41, 5.74) is 6.05. The van der Waals surface area contributed by atoms with Gasteiger partial charge < -0.3 is 4.57 Å². The molecule has 1 saturated carbocycles. The lowest BCUT2D eigenvalue weighted by molar-refractivity contribution is -0.105. The summed E-state index contributed by atoms with van der Waals surface area (Å²) in [5.74, 6) is 2.08. The maximum atomic E-state index is 12.1. The van der Waals surface area contributed by atoms with Crippen LogP contribution in [0.2, 0.25) is 0 Å². The zero-order chi connectivity index (χ0) is 18.6. The Kier molecular flexibility index (Phi) is 3.89. The number of fused-ring (bicyclic) bond motifs is 4. The number of imidazole rings is 1. The van der Waals surface area contributed by atoms with Crippen LogP contribution in [-0.4, -0.2) is 15.8 Å². The number of benzene rings is 1. The predicted octanol–water partition coefficient (Wildman–Crippen LogP) is 5.63. The smallest absolute Gasteiger partial charge is 0.147 e. The van der Waals surface area contributed by atoms with Crippen LogP contribution in [0.15, 0.2) is 47.8 Å². The summed E-state index contributed by atoms with van der Waals surface area (Å²) < 4.78 is 2.22. The maximum Gasteiger partial charge on any atom is 0.147 e. The van der Waals surface area contributed by atoms with Gasteiger partial charge >= 0.3 is 0 Å². The standard InChI is InChI=1S/C24H28N2O/c1-3-16-8-9-19-17(12-16)10-11-24(2)20(19)13-18(14-27)23(24)26-15-25-21-6-4-5-7-22(21)26/h4-8,14-15,17,19-20H,3,9-13H2,1-2H3/t17?,19?,20?,24-/m0/s1. The predicted molar refractivity (Wildman–Crippen MR) is 109 cm³/mol. The number of allylic oxidation sites excluding steroid dienone is 4. The molecule has 27 heavy (non-hydrogen) atoms. The molecule has 1 aromatic heterocycles. The number of aldehydes is 1. The van der Waals surface area contributed by atoms with Gasteiger partial charge in [-0.2, -0.15) is 0 Å². The Balaban J connectivity index is 1.59. The van der Waals surface area contributed by atoms with E-state index in [-0.39, 0.29) is 5.41 Å². The number of hydrogen-bond acceptors (Lipinski definition) is 2. The molecule has 140 valence electrons. The number of carbonyl (C=O) groups excluding carboxylic acids is 1. The van der Waals surface area contributed by atoms with Crippen molar-refractivity contribution in [2.45, 2.75) is 52.4 Å². The third-order valence-electron chi connectivity index (χ3n) is 7.75. The van der Waals surface area contributed by atoms with Gasteiger partial charge in [-0.25, -0.2) is 4.98 Å². The minimum absolute atomic E-state index is 0.0679. The topological polar surface area (TPSA) is 34.9 Å². The van der Waals surface area contributed by atoms with Crippen LogP contribution >= 0.6 is 0 Å². The lowest BCUT2D eigenvalue weighted by Crippen LogP contribution is -2.41. The Morgan fingerprint density at radius 1 is 1.30 bits per heavy atom. The molecular weight excluding hydrogens is 332 g/mol. The molecule has 3 heteroatoms. The van der Waals surface area contributed by atoms with E-state index < -0.39 is 0 Å². The molecule has 3 nitrogen and oxygen atoms in total. The highest BCUT2D eigenvalue weighted by Crippen LogP contribution is 2.62. The molecule has 0 aliphatic heterocycles. The number of carbonyl (C=O) groups is 1. The number of aromatic nitrogens is 2. The zero-order valence-corrected chi connectivity index (χ0v) is 16.3. The van der Waals surface area contributed by atoms with Gasteiger partial charge in [0, 0.05) is 16.7 Å². The first-order valence-corrected chi connectivity index (χ1v) is 10.4. The molecule has 3 aliphatic rings. The van der Waals surface area contributed by atoms with E-state index in [9.17, 15) is 4.79 Å². The Labute approximate surface area is 161 Å². The van der Waals surface area contributed by atoms with Crippen LogP contribution in [0.25, 0.3) is 16.7 Å². The van der Waals surface area contributed by atoms with Crippen LogP contribution in [-0.2, 0) is 4.79 Å². The van der Waals surface area contributed by atoms with E-state index in [1.165, 1.54) is 37.8 Å². The van der Waals surface area contributed by atoms with Gasteiger partial charge in [0.1, 0.15) is 12.6 Å². The molecule has 0 saturated heterocycles. The molecular formula is C24H28N2O. The van der Waals surface area contributed by atoms with Crippen molar-refractivity contribution in [1.29, 1.82) is 0 Å². The fourth-order valence-electron chi connectivity index (χ4n) is 6.35. The molecule has 1 aromatic carbocycles. The summed E-state index contributed by atoms with van der Waals surface area (Å²) in [4.78, 5) is 16.7. The first kappa shape index (κ1) is 17.0. The van der Waals surface area contributed by atoms with Gasteiger partial charge in [-0.3, -0.25) is 4.79 Å². The van der Waals surface area contributed by atoms with Gasteiger partial charge in [-0.15, -0.1) is 0 Å². The zero-order valence-electron chi connectivity index (χ0n) is 16.3. The highest BCUT2D eigenvalue weighted by Gasteiger charge is 2.53. The van der Waals surface area contributed by atoms with Gasteiger partial charge in [0.15, 0.2) is 0 Å². The van der Waals surface area contributed by atoms with Crippen LogP contribution < -0.4 is 0 Å². The summed E-state index contributed by atoms with van der Waals surface area (Å²) in [5, 5.41) is 0. The molecule has 3 aliphatic carbocycles. The normalized spacial score (nSPS) is 33.0. The van der Waals surface area contributed by atoms with Crippen molar-refractivity contribution in [2.24, 2.45) is 23.2 Å².